The molecule has 0 heterocycles. The van der Waals surface area contributed by atoms with E-state index in [0.717, 1.165) is 25.7 Å². The highest BCUT2D eigenvalue weighted by Crippen LogP contribution is 2.42. The average molecular weight is 278 g/mol. The molecule has 106 valence electrons. The maximum Gasteiger partial charge on any atom is 0.419 e. The van der Waals surface area contributed by atoms with E-state index in [1.165, 1.54) is 0 Å². The third kappa shape index (κ3) is 2.90. The van der Waals surface area contributed by atoms with Crippen molar-refractivity contribution < 1.29 is 22.0 Å². The van der Waals surface area contributed by atoms with E-state index in [2.05, 4.69) is 0 Å². The van der Waals surface area contributed by atoms with Crippen LogP contribution in [0, 0.1) is 17.0 Å². The van der Waals surface area contributed by atoms with Crippen LogP contribution in [0.2, 0.25) is 0 Å². The summed E-state index contributed by atoms with van der Waals surface area (Å²) in [4.78, 5) is 0. The topological polar surface area (TPSA) is 0 Å². The molecule has 0 atom stereocenters. The van der Waals surface area contributed by atoms with E-state index in [1.807, 2.05) is 6.92 Å². The van der Waals surface area contributed by atoms with Crippen LogP contribution < -0.4 is 0 Å². The molecule has 0 amide bonds. The number of hydrogen-bond donors (Lipinski definition) is 0. The van der Waals surface area contributed by atoms with Crippen molar-refractivity contribution in [3.8, 4) is 0 Å². The van der Waals surface area contributed by atoms with Crippen LogP contribution in [0.4, 0.5) is 22.0 Å². The number of hydrogen-bond acceptors (Lipinski definition) is 0. The van der Waals surface area contributed by atoms with Crippen LogP contribution >= 0.6 is 0 Å². The van der Waals surface area contributed by atoms with Gasteiger partial charge in [0.25, 0.3) is 0 Å². The van der Waals surface area contributed by atoms with E-state index in [4.69, 9.17) is 0 Å². The summed E-state index contributed by atoms with van der Waals surface area (Å²) in [7, 11) is 0. The summed E-state index contributed by atoms with van der Waals surface area (Å²) in [5.74, 6) is -2.35. The lowest BCUT2D eigenvalue weighted by Gasteiger charge is -2.24. The second kappa shape index (κ2) is 4.76. The molecule has 0 N–H and O–H groups in total. The van der Waals surface area contributed by atoms with Gasteiger partial charge >= 0.3 is 6.18 Å². The van der Waals surface area contributed by atoms with Gasteiger partial charge in [0.1, 0.15) is 11.6 Å². The van der Waals surface area contributed by atoms with E-state index >= 15 is 0 Å². The number of rotatable bonds is 2. The molecule has 1 aromatic carbocycles. The first kappa shape index (κ1) is 14.3. The maximum atomic E-state index is 13.9. The summed E-state index contributed by atoms with van der Waals surface area (Å²) in [5.41, 5.74) is -2.11. The molecule has 0 spiro atoms. The van der Waals surface area contributed by atoms with E-state index in [9.17, 15) is 22.0 Å². The molecule has 5 heteroatoms. The molecular formula is C14H15F5. The molecule has 0 saturated heterocycles. The van der Waals surface area contributed by atoms with Crippen molar-refractivity contribution in [2.75, 3.05) is 0 Å². The summed E-state index contributed by atoms with van der Waals surface area (Å²) < 4.78 is 65.3. The van der Waals surface area contributed by atoms with Gasteiger partial charge in [-0.1, -0.05) is 19.8 Å². The molecule has 1 saturated carbocycles. The lowest BCUT2D eigenvalue weighted by Crippen LogP contribution is -2.19. The average Bonchev–Trinajstić information content (AvgIpc) is 2.70. The second-order valence-electron chi connectivity index (χ2n) is 5.58. The molecule has 0 aliphatic heterocycles. The highest BCUT2D eigenvalue weighted by Gasteiger charge is 2.37. The van der Waals surface area contributed by atoms with E-state index < -0.39 is 28.9 Å². The maximum absolute atomic E-state index is 13.9. The molecule has 1 aromatic rings. The Morgan fingerprint density at radius 1 is 1.11 bits per heavy atom. The van der Waals surface area contributed by atoms with Gasteiger partial charge in [-0.15, -0.1) is 0 Å². The Morgan fingerprint density at radius 2 is 1.68 bits per heavy atom. The first-order valence-electron chi connectivity index (χ1n) is 6.27. The summed E-state index contributed by atoms with van der Waals surface area (Å²) in [5, 5.41) is 0. The Hall–Kier alpha value is -1.13. The zero-order valence-corrected chi connectivity index (χ0v) is 10.6. The minimum absolute atomic E-state index is 0.0224. The molecule has 1 fully saturated rings. The molecule has 2 rings (SSSR count). The van der Waals surface area contributed by atoms with Gasteiger partial charge in [-0.25, -0.2) is 8.78 Å². The van der Waals surface area contributed by atoms with Gasteiger partial charge in [0.05, 0.1) is 5.56 Å². The monoisotopic (exact) mass is 278 g/mol. The van der Waals surface area contributed by atoms with Gasteiger partial charge < -0.3 is 0 Å². The van der Waals surface area contributed by atoms with Crippen LogP contribution in [-0.4, -0.2) is 0 Å². The van der Waals surface area contributed by atoms with Crippen LogP contribution in [-0.2, 0) is 12.6 Å². The second-order valence-corrected chi connectivity index (χ2v) is 5.58. The van der Waals surface area contributed by atoms with Crippen LogP contribution in [0.15, 0.2) is 12.1 Å². The number of halogens is 5. The molecule has 1 aliphatic carbocycles. The normalized spacial score (nSPS) is 18.8. The fourth-order valence-corrected chi connectivity index (χ4v) is 2.81. The standard InChI is InChI=1S/C14H15F5/c1-13(6-2-3-7-13)8-9-11(15)5-4-10(12(9)16)14(17,18)19/h4-5H,2-3,6-8H2,1H3. The van der Waals surface area contributed by atoms with Crippen molar-refractivity contribution in [1.29, 1.82) is 0 Å². The lowest BCUT2D eigenvalue weighted by molar-refractivity contribution is -0.140. The highest BCUT2D eigenvalue weighted by molar-refractivity contribution is 5.30. The van der Waals surface area contributed by atoms with Gasteiger partial charge in [0.2, 0.25) is 0 Å². The van der Waals surface area contributed by atoms with E-state index in [-0.39, 0.29) is 11.8 Å². The van der Waals surface area contributed by atoms with Gasteiger partial charge in [0.15, 0.2) is 0 Å². The predicted molar refractivity (Wildman–Crippen MR) is 61.6 cm³/mol. The molecular weight excluding hydrogens is 263 g/mol. The van der Waals surface area contributed by atoms with Crippen molar-refractivity contribution in [2.24, 2.45) is 5.41 Å². The van der Waals surface area contributed by atoms with Gasteiger partial charge in [0, 0.05) is 5.56 Å². The first-order chi connectivity index (χ1) is 8.73. The predicted octanol–water partition coefficient (Wildman–Crippen LogP) is 5.11. The fourth-order valence-electron chi connectivity index (χ4n) is 2.81. The zero-order chi connectivity index (χ0) is 14.3. The summed E-state index contributed by atoms with van der Waals surface area (Å²) in [6, 6.07) is 1.17. The van der Waals surface area contributed by atoms with Crippen LogP contribution in [0.25, 0.3) is 0 Å². The molecule has 0 nitrogen and oxygen atoms in total. The van der Waals surface area contributed by atoms with Gasteiger partial charge in [-0.05, 0) is 36.8 Å². The van der Waals surface area contributed by atoms with Crippen LogP contribution in [0.1, 0.15) is 43.7 Å². The van der Waals surface area contributed by atoms with E-state index in [0.29, 0.717) is 12.1 Å². The first-order valence-corrected chi connectivity index (χ1v) is 6.27. The summed E-state index contributed by atoms with van der Waals surface area (Å²) >= 11 is 0. The highest BCUT2D eigenvalue weighted by atomic mass is 19.4. The third-order valence-electron chi connectivity index (χ3n) is 3.91. The van der Waals surface area contributed by atoms with Crippen LogP contribution in [0.3, 0.4) is 0 Å². The quantitative estimate of drug-likeness (QED) is 0.660. The lowest BCUT2D eigenvalue weighted by atomic mass is 9.81. The van der Waals surface area contributed by atoms with E-state index in [1.54, 1.807) is 0 Å². The van der Waals surface area contributed by atoms with Gasteiger partial charge in [-0.3, -0.25) is 0 Å². The Morgan fingerprint density at radius 3 is 2.21 bits per heavy atom. The fraction of sp³-hybridized carbons (Fsp3) is 0.571. The Bertz CT molecular complexity index is 469. The Labute approximate surface area is 108 Å². The zero-order valence-electron chi connectivity index (χ0n) is 10.6. The number of benzene rings is 1. The minimum atomic E-state index is -4.79. The van der Waals surface area contributed by atoms with Gasteiger partial charge in [-0.2, -0.15) is 13.2 Å². The van der Waals surface area contributed by atoms with Crippen molar-refractivity contribution >= 4 is 0 Å². The molecule has 0 bridgehead atoms. The summed E-state index contributed by atoms with van der Waals surface area (Å²) in [6.07, 6.45) is -1.26. The Kier molecular flexibility index (Phi) is 3.58. The van der Waals surface area contributed by atoms with Crippen molar-refractivity contribution in [3.63, 3.8) is 0 Å². The van der Waals surface area contributed by atoms with Crippen molar-refractivity contribution in [1.82, 2.24) is 0 Å². The third-order valence-corrected chi connectivity index (χ3v) is 3.91. The van der Waals surface area contributed by atoms with Crippen molar-refractivity contribution in [2.45, 2.75) is 45.2 Å². The minimum Gasteiger partial charge on any atom is -0.207 e. The van der Waals surface area contributed by atoms with Crippen molar-refractivity contribution in [3.05, 3.63) is 34.9 Å². The molecule has 0 radical (unpaired) electrons. The summed E-state index contributed by atoms with van der Waals surface area (Å²) in [6.45, 7) is 1.87. The SMILES string of the molecule is CC1(Cc2c(F)ccc(C(F)(F)F)c2F)CCCC1. The Balaban J connectivity index is 2.39. The largest absolute Gasteiger partial charge is 0.419 e. The smallest absolute Gasteiger partial charge is 0.207 e. The molecule has 0 unspecified atom stereocenters. The molecule has 19 heavy (non-hydrogen) atoms. The molecule has 0 aromatic heterocycles. The number of alkyl halides is 3. The van der Waals surface area contributed by atoms with Crippen LogP contribution in [0.5, 0.6) is 0 Å². The molecule has 1 aliphatic rings.